The summed E-state index contributed by atoms with van der Waals surface area (Å²) < 4.78 is 0. The van der Waals surface area contributed by atoms with Gasteiger partial charge in [-0.05, 0) is 81.5 Å². The standard InChI is InChI=1S/C16H26/c1-3-11(2)4-5-16-14-7-12-6-13(9-14)10-15(16)8-12/h4,12-16H,3,5-10H2,1-2H3. The van der Waals surface area contributed by atoms with E-state index in [9.17, 15) is 0 Å². The smallest absolute Gasteiger partial charge is 0.0314 e. The summed E-state index contributed by atoms with van der Waals surface area (Å²) in [6.07, 6.45) is 13.1. The quantitative estimate of drug-likeness (QED) is 0.597. The Morgan fingerprint density at radius 3 is 2.06 bits per heavy atom. The molecular weight excluding hydrogens is 192 g/mol. The van der Waals surface area contributed by atoms with E-state index in [2.05, 4.69) is 19.9 Å². The number of rotatable bonds is 3. The fraction of sp³-hybridized carbons (Fsp3) is 0.875. The van der Waals surface area contributed by atoms with Crippen molar-refractivity contribution >= 4 is 0 Å². The van der Waals surface area contributed by atoms with Gasteiger partial charge in [-0.2, -0.15) is 0 Å². The highest BCUT2D eigenvalue weighted by molar-refractivity contribution is 5.03. The normalized spacial score (nSPS) is 46.4. The largest absolute Gasteiger partial charge is 0.0853 e. The summed E-state index contributed by atoms with van der Waals surface area (Å²) in [5, 5.41) is 0. The Balaban J connectivity index is 1.68. The van der Waals surface area contributed by atoms with Gasteiger partial charge in [0.05, 0.1) is 0 Å². The molecule has 4 saturated carbocycles. The molecule has 0 nitrogen and oxygen atoms in total. The molecule has 0 heteroatoms. The monoisotopic (exact) mass is 218 g/mol. The Morgan fingerprint density at radius 1 is 1.00 bits per heavy atom. The maximum atomic E-state index is 2.55. The Bertz CT molecular complexity index is 258. The van der Waals surface area contributed by atoms with E-state index in [0.29, 0.717) is 0 Å². The van der Waals surface area contributed by atoms with Gasteiger partial charge in [0.1, 0.15) is 0 Å². The van der Waals surface area contributed by atoms with Crippen LogP contribution < -0.4 is 0 Å². The van der Waals surface area contributed by atoms with Crippen LogP contribution in [0.3, 0.4) is 0 Å². The van der Waals surface area contributed by atoms with Crippen molar-refractivity contribution in [2.24, 2.45) is 29.6 Å². The van der Waals surface area contributed by atoms with Crippen LogP contribution in [0.1, 0.15) is 58.8 Å². The Labute approximate surface area is 101 Å². The Kier molecular flexibility index (Phi) is 2.85. The average molecular weight is 218 g/mol. The van der Waals surface area contributed by atoms with E-state index < -0.39 is 0 Å². The lowest BCUT2D eigenvalue weighted by atomic mass is 9.51. The minimum absolute atomic E-state index is 1.06. The second kappa shape index (κ2) is 4.20. The zero-order valence-corrected chi connectivity index (χ0v) is 10.9. The third-order valence-corrected chi connectivity index (χ3v) is 5.72. The van der Waals surface area contributed by atoms with Crippen LogP contribution in [-0.2, 0) is 0 Å². The number of allylic oxidation sites excluding steroid dienone is 2. The molecule has 4 aliphatic rings. The third kappa shape index (κ3) is 1.85. The zero-order chi connectivity index (χ0) is 11.1. The molecule has 0 aromatic heterocycles. The molecule has 0 aromatic rings. The molecule has 0 unspecified atom stereocenters. The van der Waals surface area contributed by atoms with Crippen molar-refractivity contribution in [1.82, 2.24) is 0 Å². The van der Waals surface area contributed by atoms with Gasteiger partial charge >= 0.3 is 0 Å². The Hall–Kier alpha value is -0.260. The van der Waals surface area contributed by atoms with Crippen LogP contribution in [0.2, 0.25) is 0 Å². The third-order valence-electron chi connectivity index (χ3n) is 5.72. The van der Waals surface area contributed by atoms with Crippen LogP contribution in [0.15, 0.2) is 11.6 Å². The van der Waals surface area contributed by atoms with Gasteiger partial charge in [-0.3, -0.25) is 0 Å². The van der Waals surface area contributed by atoms with Crippen molar-refractivity contribution < 1.29 is 0 Å². The molecule has 0 spiro atoms. The minimum Gasteiger partial charge on any atom is -0.0853 e. The van der Waals surface area contributed by atoms with E-state index in [4.69, 9.17) is 0 Å². The van der Waals surface area contributed by atoms with Crippen LogP contribution in [0.25, 0.3) is 0 Å². The highest BCUT2D eigenvalue weighted by atomic mass is 14.5. The van der Waals surface area contributed by atoms with E-state index >= 15 is 0 Å². The summed E-state index contributed by atoms with van der Waals surface area (Å²) >= 11 is 0. The summed E-state index contributed by atoms with van der Waals surface area (Å²) in [7, 11) is 0. The van der Waals surface area contributed by atoms with Gasteiger partial charge in [-0.15, -0.1) is 0 Å². The first-order chi connectivity index (χ1) is 7.76. The lowest BCUT2D eigenvalue weighted by Crippen LogP contribution is -2.44. The van der Waals surface area contributed by atoms with Gasteiger partial charge in [0.2, 0.25) is 0 Å². The molecule has 0 amide bonds. The average Bonchev–Trinajstić information content (AvgIpc) is 2.26. The Morgan fingerprint density at radius 2 is 1.56 bits per heavy atom. The highest BCUT2D eigenvalue weighted by Crippen LogP contribution is 2.57. The molecule has 0 N–H and O–H groups in total. The second-order valence-electron chi connectivity index (χ2n) is 6.73. The van der Waals surface area contributed by atoms with Crippen molar-refractivity contribution in [3.8, 4) is 0 Å². The second-order valence-corrected chi connectivity index (χ2v) is 6.73. The highest BCUT2D eigenvalue weighted by Gasteiger charge is 2.47. The first-order valence-electron chi connectivity index (χ1n) is 7.41. The van der Waals surface area contributed by atoms with Crippen LogP contribution in [0.5, 0.6) is 0 Å². The van der Waals surface area contributed by atoms with Gasteiger partial charge in [0.15, 0.2) is 0 Å². The van der Waals surface area contributed by atoms with E-state index in [1.165, 1.54) is 12.8 Å². The van der Waals surface area contributed by atoms with Crippen molar-refractivity contribution in [3.05, 3.63) is 11.6 Å². The van der Waals surface area contributed by atoms with Gasteiger partial charge in [0, 0.05) is 0 Å². The molecule has 0 atom stereocenters. The summed E-state index contributed by atoms with van der Waals surface area (Å²) in [5.74, 6) is 5.55. The summed E-state index contributed by atoms with van der Waals surface area (Å²) in [6, 6.07) is 0. The van der Waals surface area contributed by atoms with Crippen LogP contribution in [-0.4, -0.2) is 0 Å². The van der Waals surface area contributed by atoms with Gasteiger partial charge < -0.3 is 0 Å². The van der Waals surface area contributed by atoms with E-state index in [1.54, 1.807) is 37.7 Å². The molecular formula is C16H26. The van der Waals surface area contributed by atoms with Crippen molar-refractivity contribution in [3.63, 3.8) is 0 Å². The van der Waals surface area contributed by atoms with Crippen LogP contribution in [0, 0.1) is 29.6 Å². The molecule has 90 valence electrons. The predicted octanol–water partition coefficient (Wildman–Crippen LogP) is 4.81. The lowest BCUT2D eigenvalue weighted by molar-refractivity contribution is -0.0349. The maximum absolute atomic E-state index is 2.55. The number of hydrogen-bond acceptors (Lipinski definition) is 0. The molecule has 0 radical (unpaired) electrons. The molecule has 0 saturated heterocycles. The first kappa shape index (κ1) is 10.9. The minimum atomic E-state index is 1.06. The summed E-state index contributed by atoms with van der Waals surface area (Å²) in [6.45, 7) is 4.58. The first-order valence-corrected chi connectivity index (χ1v) is 7.41. The number of hydrogen-bond donors (Lipinski definition) is 0. The van der Waals surface area contributed by atoms with Gasteiger partial charge in [0.25, 0.3) is 0 Å². The van der Waals surface area contributed by atoms with Crippen LogP contribution in [0.4, 0.5) is 0 Å². The zero-order valence-electron chi connectivity index (χ0n) is 10.9. The van der Waals surface area contributed by atoms with E-state index in [1.807, 2.05) is 0 Å². The van der Waals surface area contributed by atoms with Gasteiger partial charge in [-0.25, -0.2) is 0 Å². The molecule has 4 fully saturated rings. The summed E-state index contributed by atoms with van der Waals surface area (Å²) in [4.78, 5) is 0. The topological polar surface area (TPSA) is 0 Å². The maximum Gasteiger partial charge on any atom is -0.0314 e. The van der Waals surface area contributed by atoms with Crippen molar-refractivity contribution in [1.29, 1.82) is 0 Å². The molecule has 16 heavy (non-hydrogen) atoms. The molecule has 0 heterocycles. The molecule has 0 aliphatic heterocycles. The van der Waals surface area contributed by atoms with E-state index in [-0.39, 0.29) is 0 Å². The molecule has 4 rings (SSSR count). The van der Waals surface area contributed by atoms with Gasteiger partial charge in [-0.1, -0.05) is 18.6 Å². The summed E-state index contributed by atoms with van der Waals surface area (Å²) in [5.41, 5.74) is 1.61. The van der Waals surface area contributed by atoms with Crippen molar-refractivity contribution in [2.75, 3.05) is 0 Å². The van der Waals surface area contributed by atoms with Crippen LogP contribution >= 0.6 is 0 Å². The predicted molar refractivity (Wildman–Crippen MR) is 69.2 cm³/mol. The molecule has 4 aliphatic carbocycles. The van der Waals surface area contributed by atoms with Crippen molar-refractivity contribution in [2.45, 2.75) is 58.8 Å². The molecule has 4 bridgehead atoms. The lowest BCUT2D eigenvalue weighted by Gasteiger charge is -2.54. The fourth-order valence-corrected chi connectivity index (χ4v) is 4.90. The SMILES string of the molecule is CCC(C)=CCC1C2CC3CC(C2)CC1C3. The molecule has 0 aromatic carbocycles. The van der Waals surface area contributed by atoms with E-state index in [0.717, 1.165) is 29.6 Å². The fourth-order valence-electron chi connectivity index (χ4n) is 4.90.